The van der Waals surface area contributed by atoms with Crippen molar-refractivity contribution in [3.8, 4) is 11.8 Å². The monoisotopic (exact) mass is 497 g/mol. The first-order valence-corrected chi connectivity index (χ1v) is 12.1. The van der Waals surface area contributed by atoms with Crippen molar-refractivity contribution in [3.05, 3.63) is 50.8 Å². The third kappa shape index (κ3) is 4.25. The second-order valence-corrected chi connectivity index (χ2v) is 9.97. The average Bonchev–Trinajstić information content (AvgIpc) is 3.24. The average molecular weight is 498 g/mol. The molecule has 4 aromatic rings. The van der Waals surface area contributed by atoms with Gasteiger partial charge in [0.1, 0.15) is 27.6 Å². The number of thiazole rings is 2. The number of nitrogens with two attached hydrogens (primary N) is 1. The van der Waals surface area contributed by atoms with Gasteiger partial charge in [-0.25, -0.2) is 14.8 Å². The van der Waals surface area contributed by atoms with E-state index in [1.54, 1.807) is 0 Å². The molecule has 0 spiro atoms. The van der Waals surface area contributed by atoms with Crippen LogP contribution in [0, 0.1) is 11.8 Å². The molecule has 0 unspecified atom stereocenters. The zero-order valence-electron chi connectivity index (χ0n) is 16.8. The maximum Gasteiger partial charge on any atom is 0.412 e. The number of carboxylic acids is 1. The van der Waals surface area contributed by atoms with Crippen molar-refractivity contribution in [1.29, 1.82) is 0 Å². The Bertz CT molecular complexity index is 1390. The molecular formula is C21H15N5O4S3. The van der Waals surface area contributed by atoms with Crippen LogP contribution in [0.15, 0.2) is 30.3 Å². The number of rotatable bonds is 5. The van der Waals surface area contributed by atoms with E-state index in [-0.39, 0.29) is 12.4 Å². The number of carbonyl (C=O) groups excluding carboxylic acids is 1. The third-order valence-corrected chi connectivity index (χ3v) is 7.91. The number of nitrogen functional groups attached to an aromatic ring is 1. The van der Waals surface area contributed by atoms with Crippen LogP contribution in [-0.2, 0) is 21.6 Å². The normalized spacial score (nSPS) is 13.8. The number of nitrogens with one attached hydrogen (secondary N) is 1. The van der Waals surface area contributed by atoms with Crippen LogP contribution in [-0.4, -0.2) is 31.5 Å². The molecule has 0 saturated heterocycles. The highest BCUT2D eigenvalue weighted by Crippen LogP contribution is 2.50. The number of carbonyl (C=O) groups is 2. The zero-order valence-corrected chi connectivity index (χ0v) is 19.3. The molecular weight excluding hydrogens is 482 g/mol. The van der Waals surface area contributed by atoms with Crippen LogP contribution in [0.2, 0.25) is 0 Å². The summed E-state index contributed by atoms with van der Waals surface area (Å²) in [5.41, 5.74) is 6.20. The minimum absolute atomic E-state index is 0.124. The molecule has 1 aromatic carbocycles. The van der Waals surface area contributed by atoms with Crippen molar-refractivity contribution in [1.82, 2.24) is 14.3 Å². The Morgan fingerprint density at radius 1 is 1.15 bits per heavy atom. The van der Waals surface area contributed by atoms with E-state index in [2.05, 4.69) is 31.5 Å². The molecule has 1 aliphatic carbocycles. The zero-order chi connectivity index (χ0) is 23.0. The summed E-state index contributed by atoms with van der Waals surface area (Å²) in [4.78, 5) is 34.4. The first-order chi connectivity index (χ1) is 15.9. The van der Waals surface area contributed by atoms with Gasteiger partial charge in [0.25, 0.3) is 0 Å². The van der Waals surface area contributed by atoms with Crippen LogP contribution in [0.4, 0.5) is 16.3 Å². The lowest BCUT2D eigenvalue weighted by atomic mass is 10.1. The van der Waals surface area contributed by atoms with Gasteiger partial charge in [-0.3, -0.25) is 10.1 Å². The minimum atomic E-state index is -0.840. The van der Waals surface area contributed by atoms with Gasteiger partial charge in [0.15, 0.2) is 20.5 Å². The first kappa shape index (κ1) is 21.3. The van der Waals surface area contributed by atoms with E-state index in [9.17, 15) is 14.7 Å². The predicted molar refractivity (Wildman–Crippen MR) is 127 cm³/mol. The van der Waals surface area contributed by atoms with Gasteiger partial charge in [0, 0.05) is 0 Å². The minimum Gasteiger partial charge on any atom is -0.481 e. The maximum absolute atomic E-state index is 12.2. The van der Waals surface area contributed by atoms with E-state index >= 15 is 0 Å². The van der Waals surface area contributed by atoms with Gasteiger partial charge in [-0.1, -0.05) is 53.0 Å². The van der Waals surface area contributed by atoms with Gasteiger partial charge in [-0.2, -0.15) is 4.37 Å². The van der Waals surface area contributed by atoms with Gasteiger partial charge in [-0.15, -0.1) is 0 Å². The molecule has 1 saturated carbocycles. The summed E-state index contributed by atoms with van der Waals surface area (Å²) in [6.45, 7) is 0.124. The second-order valence-electron chi connectivity index (χ2n) is 7.24. The summed E-state index contributed by atoms with van der Waals surface area (Å²) < 4.78 is 9.29. The molecule has 5 rings (SSSR count). The molecule has 9 nitrogen and oxygen atoms in total. The number of ether oxygens (including phenoxy) is 1. The van der Waals surface area contributed by atoms with Crippen LogP contribution in [0.1, 0.15) is 33.3 Å². The SMILES string of the molecule is Nc1nsc(C#Cc2nc3sc(C4(C(=O)O)CC4)nc3s2)c1NC(=O)OCc1ccccc1. The standard InChI is InChI=1S/C21H15N5O4S3/c22-15-14(24-20(29)30-10-11-4-2-1-3-5-11)12(33-26-15)6-7-13-23-16-17(31-13)25-18(32-16)21(8-9-21)19(27)28/h1-5H,8-10H2,(H2,22,26)(H,24,29)(H,27,28). The topological polar surface area (TPSA) is 140 Å². The van der Waals surface area contributed by atoms with Crippen molar-refractivity contribution in [2.24, 2.45) is 0 Å². The Balaban J connectivity index is 1.29. The number of aromatic nitrogens is 3. The van der Waals surface area contributed by atoms with Gasteiger partial charge >= 0.3 is 12.1 Å². The van der Waals surface area contributed by atoms with Crippen LogP contribution in [0.5, 0.6) is 0 Å². The van der Waals surface area contributed by atoms with Gasteiger partial charge < -0.3 is 15.6 Å². The molecule has 4 N–H and O–H groups in total. The predicted octanol–water partition coefficient (Wildman–Crippen LogP) is 4.06. The van der Waals surface area contributed by atoms with E-state index in [4.69, 9.17) is 10.5 Å². The van der Waals surface area contributed by atoms with Gasteiger partial charge in [0.2, 0.25) is 0 Å². The largest absolute Gasteiger partial charge is 0.481 e. The van der Waals surface area contributed by atoms with Crippen molar-refractivity contribution in [2.45, 2.75) is 24.9 Å². The highest BCUT2D eigenvalue weighted by atomic mass is 32.1. The molecule has 12 heteroatoms. The molecule has 0 bridgehead atoms. The molecule has 1 amide bonds. The number of anilines is 2. The molecule has 0 atom stereocenters. The molecule has 3 heterocycles. The van der Waals surface area contributed by atoms with E-state index in [0.29, 0.717) is 43.1 Å². The molecule has 3 aromatic heterocycles. The van der Waals surface area contributed by atoms with E-state index in [0.717, 1.165) is 17.1 Å². The lowest BCUT2D eigenvalue weighted by Crippen LogP contribution is -2.18. The van der Waals surface area contributed by atoms with Crippen LogP contribution in [0.25, 0.3) is 9.66 Å². The quantitative estimate of drug-likeness (QED) is 0.351. The first-order valence-electron chi connectivity index (χ1n) is 9.71. The number of aliphatic carboxylic acids is 1. The highest BCUT2D eigenvalue weighted by Gasteiger charge is 2.54. The number of hydrogen-bond donors (Lipinski definition) is 3. The molecule has 1 fully saturated rings. The molecule has 1 aliphatic rings. The van der Waals surface area contributed by atoms with Crippen molar-refractivity contribution < 1.29 is 19.4 Å². The summed E-state index contributed by atoms with van der Waals surface area (Å²) in [5, 5.41) is 13.2. The number of nitrogens with zero attached hydrogens (tertiary/aromatic N) is 3. The number of hydrogen-bond acceptors (Lipinski definition) is 10. The number of carboxylic acid groups (broad SMARTS) is 1. The summed E-state index contributed by atoms with van der Waals surface area (Å²) in [7, 11) is 0. The maximum atomic E-state index is 12.2. The number of benzene rings is 1. The third-order valence-electron chi connectivity index (χ3n) is 4.99. The lowest BCUT2D eigenvalue weighted by Gasteiger charge is -2.06. The van der Waals surface area contributed by atoms with Crippen molar-refractivity contribution >= 4 is 67.4 Å². The van der Waals surface area contributed by atoms with Crippen molar-refractivity contribution in [2.75, 3.05) is 11.1 Å². The summed E-state index contributed by atoms with van der Waals surface area (Å²) >= 11 is 3.64. The Hall–Kier alpha value is -3.53. The Morgan fingerprint density at radius 3 is 2.61 bits per heavy atom. The van der Waals surface area contributed by atoms with Crippen molar-refractivity contribution in [3.63, 3.8) is 0 Å². The molecule has 0 radical (unpaired) electrons. The van der Waals surface area contributed by atoms with Gasteiger partial charge in [-0.05, 0) is 41.8 Å². The van der Waals surface area contributed by atoms with Crippen LogP contribution in [0.3, 0.4) is 0 Å². The van der Waals surface area contributed by atoms with Crippen LogP contribution < -0.4 is 11.1 Å². The Kier molecular flexibility index (Phi) is 5.45. The summed E-state index contributed by atoms with van der Waals surface area (Å²) in [6.07, 6.45) is 0.547. The van der Waals surface area contributed by atoms with Gasteiger partial charge in [0.05, 0.1) is 0 Å². The Labute approximate surface area is 199 Å². The number of fused-ring (bicyclic) bond motifs is 1. The highest BCUT2D eigenvalue weighted by molar-refractivity contribution is 7.26. The fourth-order valence-electron chi connectivity index (χ4n) is 3.02. The number of amides is 1. The molecule has 0 aliphatic heterocycles. The lowest BCUT2D eigenvalue weighted by molar-refractivity contribution is -0.140. The Morgan fingerprint density at radius 2 is 1.91 bits per heavy atom. The van der Waals surface area contributed by atoms with Crippen LogP contribution >= 0.6 is 34.2 Å². The fraction of sp³-hybridized carbons (Fsp3) is 0.190. The molecule has 166 valence electrons. The second kappa shape index (κ2) is 8.43. The fourth-order valence-corrected chi connectivity index (χ4v) is 5.78. The summed E-state index contributed by atoms with van der Waals surface area (Å²) in [5.74, 6) is 5.20. The van der Waals surface area contributed by atoms with E-state index in [1.807, 2.05) is 30.3 Å². The van der Waals surface area contributed by atoms with E-state index < -0.39 is 17.5 Å². The molecule has 33 heavy (non-hydrogen) atoms. The van der Waals surface area contributed by atoms with E-state index in [1.165, 1.54) is 22.7 Å². The summed E-state index contributed by atoms with van der Waals surface area (Å²) in [6, 6.07) is 9.31. The smallest absolute Gasteiger partial charge is 0.412 e.